The number of hydrogen-bond acceptors (Lipinski definition) is 3. The van der Waals surface area contributed by atoms with Crippen LogP contribution in [0.3, 0.4) is 0 Å². The Morgan fingerprint density at radius 2 is 2.05 bits per heavy atom. The van der Waals surface area contributed by atoms with Gasteiger partial charge in [-0.05, 0) is 18.4 Å². The highest BCUT2D eigenvalue weighted by Gasteiger charge is 2.18. The smallest absolute Gasteiger partial charge is 0.271 e. The zero-order valence-corrected chi connectivity index (χ0v) is 12.1. The van der Waals surface area contributed by atoms with Gasteiger partial charge >= 0.3 is 0 Å². The Kier molecular flexibility index (Phi) is 4.08. The first-order valence-corrected chi connectivity index (χ1v) is 6.63. The molecule has 106 valence electrons. The number of anilines is 1. The second-order valence-electron chi connectivity index (χ2n) is 4.99. The Labute approximate surface area is 118 Å². The summed E-state index contributed by atoms with van der Waals surface area (Å²) in [4.78, 5) is 12.2. The van der Waals surface area contributed by atoms with Crippen molar-refractivity contribution in [2.24, 2.45) is 7.05 Å². The van der Waals surface area contributed by atoms with Gasteiger partial charge in [0.2, 0.25) is 0 Å². The van der Waals surface area contributed by atoms with E-state index >= 15 is 0 Å². The molecule has 5 nitrogen and oxygen atoms in total. The van der Waals surface area contributed by atoms with Gasteiger partial charge in [-0.25, -0.2) is 0 Å². The third kappa shape index (κ3) is 2.82. The molecule has 2 rings (SSSR count). The topological polar surface area (TPSA) is 72.9 Å². The van der Waals surface area contributed by atoms with Crippen LogP contribution in [-0.2, 0) is 7.05 Å². The van der Waals surface area contributed by atoms with Gasteiger partial charge in [-0.2, -0.15) is 5.10 Å². The third-order valence-electron chi connectivity index (χ3n) is 3.42. The Hall–Kier alpha value is -2.30. The Bertz CT molecular complexity index is 604. The van der Waals surface area contributed by atoms with Gasteiger partial charge in [0.25, 0.3) is 5.91 Å². The molecule has 1 unspecified atom stereocenters. The second kappa shape index (κ2) is 5.77. The SMILES string of the molecule is Cc1nn(C)c(C(=O)NCC(C)c2ccccc2)c1N. The van der Waals surface area contributed by atoms with E-state index in [1.54, 1.807) is 14.0 Å². The van der Waals surface area contributed by atoms with E-state index in [4.69, 9.17) is 5.73 Å². The van der Waals surface area contributed by atoms with Crippen molar-refractivity contribution < 1.29 is 4.79 Å². The normalized spacial score (nSPS) is 12.2. The van der Waals surface area contributed by atoms with E-state index in [-0.39, 0.29) is 11.8 Å². The summed E-state index contributed by atoms with van der Waals surface area (Å²) in [6, 6.07) is 10.1. The lowest BCUT2D eigenvalue weighted by atomic mass is 10.0. The van der Waals surface area contributed by atoms with Gasteiger partial charge in [0.1, 0.15) is 5.69 Å². The number of benzene rings is 1. The number of nitrogens with zero attached hydrogens (tertiary/aromatic N) is 2. The Balaban J connectivity index is 2.02. The molecule has 0 saturated carbocycles. The number of rotatable bonds is 4. The molecule has 0 saturated heterocycles. The number of nitrogens with two attached hydrogens (primary N) is 1. The number of nitrogen functional groups attached to an aromatic ring is 1. The van der Waals surface area contributed by atoms with Gasteiger partial charge in [-0.3, -0.25) is 9.48 Å². The van der Waals surface area contributed by atoms with E-state index in [1.807, 2.05) is 18.2 Å². The third-order valence-corrected chi connectivity index (χ3v) is 3.42. The van der Waals surface area contributed by atoms with Crippen LogP contribution in [0.2, 0.25) is 0 Å². The van der Waals surface area contributed by atoms with Crippen LogP contribution in [0.1, 0.15) is 34.6 Å². The van der Waals surface area contributed by atoms with Crippen LogP contribution in [0.25, 0.3) is 0 Å². The maximum Gasteiger partial charge on any atom is 0.271 e. The van der Waals surface area contributed by atoms with Crippen molar-refractivity contribution in [2.45, 2.75) is 19.8 Å². The Morgan fingerprint density at radius 1 is 1.40 bits per heavy atom. The molecule has 0 fully saturated rings. The van der Waals surface area contributed by atoms with Crippen LogP contribution >= 0.6 is 0 Å². The molecule has 0 aliphatic rings. The molecule has 0 aliphatic heterocycles. The average molecular weight is 272 g/mol. The van der Waals surface area contributed by atoms with Gasteiger partial charge in [-0.15, -0.1) is 0 Å². The van der Waals surface area contributed by atoms with E-state index in [0.29, 0.717) is 23.6 Å². The van der Waals surface area contributed by atoms with Gasteiger partial charge in [0.15, 0.2) is 0 Å². The van der Waals surface area contributed by atoms with Crippen LogP contribution in [0.4, 0.5) is 5.69 Å². The number of carbonyl (C=O) groups excluding carboxylic acids is 1. The summed E-state index contributed by atoms with van der Waals surface area (Å²) in [6.07, 6.45) is 0. The molecule has 0 aliphatic carbocycles. The molecule has 5 heteroatoms. The molecule has 0 bridgehead atoms. The average Bonchev–Trinajstić information content (AvgIpc) is 2.70. The Morgan fingerprint density at radius 3 is 2.60 bits per heavy atom. The lowest BCUT2D eigenvalue weighted by Crippen LogP contribution is -2.29. The van der Waals surface area contributed by atoms with E-state index in [2.05, 4.69) is 29.5 Å². The quantitative estimate of drug-likeness (QED) is 0.892. The molecule has 2 aromatic rings. The van der Waals surface area contributed by atoms with Crippen molar-refractivity contribution in [1.82, 2.24) is 15.1 Å². The van der Waals surface area contributed by atoms with E-state index in [9.17, 15) is 4.79 Å². The number of aromatic nitrogens is 2. The minimum Gasteiger partial charge on any atom is -0.395 e. The largest absolute Gasteiger partial charge is 0.395 e. The van der Waals surface area contributed by atoms with Gasteiger partial charge in [0.05, 0.1) is 11.4 Å². The number of aryl methyl sites for hydroxylation is 2. The lowest BCUT2D eigenvalue weighted by Gasteiger charge is -2.13. The van der Waals surface area contributed by atoms with Crippen LogP contribution in [-0.4, -0.2) is 22.2 Å². The first-order chi connectivity index (χ1) is 9.50. The van der Waals surface area contributed by atoms with Crippen molar-refractivity contribution in [3.8, 4) is 0 Å². The second-order valence-corrected chi connectivity index (χ2v) is 4.99. The molecule has 20 heavy (non-hydrogen) atoms. The van der Waals surface area contributed by atoms with E-state index < -0.39 is 0 Å². The summed E-state index contributed by atoms with van der Waals surface area (Å²) in [6.45, 7) is 4.43. The standard InChI is InChI=1S/C15H20N4O/c1-10(12-7-5-4-6-8-12)9-17-15(20)14-13(16)11(2)18-19(14)3/h4-8,10H,9,16H2,1-3H3,(H,17,20). The molecule has 0 radical (unpaired) electrons. The number of hydrogen-bond donors (Lipinski definition) is 2. The maximum absolute atomic E-state index is 12.2. The fourth-order valence-electron chi connectivity index (χ4n) is 2.17. The van der Waals surface area contributed by atoms with Crippen molar-refractivity contribution in [1.29, 1.82) is 0 Å². The van der Waals surface area contributed by atoms with Crippen LogP contribution in [0.5, 0.6) is 0 Å². The highest BCUT2D eigenvalue weighted by Crippen LogP contribution is 2.16. The number of carbonyl (C=O) groups is 1. The lowest BCUT2D eigenvalue weighted by molar-refractivity contribution is 0.0943. The van der Waals surface area contributed by atoms with E-state index in [1.165, 1.54) is 10.2 Å². The van der Waals surface area contributed by atoms with Crippen molar-refractivity contribution in [3.05, 3.63) is 47.3 Å². The summed E-state index contributed by atoms with van der Waals surface area (Å²) in [5.74, 6) is 0.0593. The zero-order valence-electron chi connectivity index (χ0n) is 12.1. The van der Waals surface area contributed by atoms with E-state index in [0.717, 1.165) is 0 Å². The molecule has 0 spiro atoms. The predicted octanol–water partition coefficient (Wildman–Crippen LogP) is 1.84. The number of amides is 1. The fourth-order valence-corrected chi connectivity index (χ4v) is 2.17. The van der Waals surface area contributed by atoms with Crippen molar-refractivity contribution in [2.75, 3.05) is 12.3 Å². The van der Waals surface area contributed by atoms with Gasteiger partial charge < -0.3 is 11.1 Å². The first-order valence-electron chi connectivity index (χ1n) is 6.63. The highest BCUT2D eigenvalue weighted by molar-refractivity contribution is 5.97. The minimum atomic E-state index is -0.187. The van der Waals surface area contributed by atoms with Gasteiger partial charge in [-0.1, -0.05) is 37.3 Å². The maximum atomic E-state index is 12.2. The van der Waals surface area contributed by atoms with Crippen molar-refractivity contribution in [3.63, 3.8) is 0 Å². The molecule has 1 heterocycles. The molecule has 3 N–H and O–H groups in total. The monoisotopic (exact) mass is 272 g/mol. The molecule has 1 aromatic carbocycles. The fraction of sp³-hybridized carbons (Fsp3) is 0.333. The molecule has 1 atom stereocenters. The van der Waals surface area contributed by atoms with Gasteiger partial charge in [0, 0.05) is 13.6 Å². The molecular formula is C15H20N4O. The predicted molar refractivity (Wildman–Crippen MR) is 79.5 cm³/mol. The van der Waals surface area contributed by atoms with Crippen LogP contribution < -0.4 is 11.1 Å². The minimum absolute atomic E-state index is 0.187. The summed E-state index contributed by atoms with van der Waals surface area (Å²) in [5.41, 5.74) is 8.61. The highest BCUT2D eigenvalue weighted by atomic mass is 16.2. The zero-order chi connectivity index (χ0) is 14.7. The summed E-state index contributed by atoms with van der Waals surface area (Å²) >= 11 is 0. The summed E-state index contributed by atoms with van der Waals surface area (Å²) in [5, 5.41) is 7.06. The van der Waals surface area contributed by atoms with Crippen LogP contribution in [0, 0.1) is 6.92 Å². The molecule has 1 aromatic heterocycles. The summed E-state index contributed by atoms with van der Waals surface area (Å²) in [7, 11) is 1.72. The first kappa shape index (κ1) is 14.1. The van der Waals surface area contributed by atoms with Crippen molar-refractivity contribution >= 4 is 11.6 Å². The number of nitrogens with one attached hydrogen (secondary N) is 1. The van der Waals surface area contributed by atoms with Crippen LogP contribution in [0.15, 0.2) is 30.3 Å². The molecule has 1 amide bonds. The summed E-state index contributed by atoms with van der Waals surface area (Å²) < 4.78 is 1.52. The molecular weight excluding hydrogens is 252 g/mol.